The van der Waals surface area contributed by atoms with Crippen LogP contribution in [0, 0.1) is 0 Å². The first-order valence-corrected chi connectivity index (χ1v) is 5.24. The Morgan fingerprint density at radius 3 is 2.20 bits per heavy atom. The molecule has 2 rings (SSSR count). The summed E-state index contributed by atoms with van der Waals surface area (Å²) in [5, 5.41) is 1.02. The lowest BCUT2D eigenvalue weighted by atomic mass is 10.0. The Balaban J connectivity index is 2.68. The van der Waals surface area contributed by atoms with E-state index >= 15 is 0 Å². The van der Waals surface area contributed by atoms with Gasteiger partial charge in [0.15, 0.2) is 0 Å². The maximum atomic E-state index is 6.12. The summed E-state index contributed by atoms with van der Waals surface area (Å²) in [6, 6.07) is 13.2. The van der Waals surface area contributed by atoms with E-state index in [2.05, 4.69) is 0 Å². The molecule has 0 unspecified atom stereocenters. The molecule has 15 heavy (non-hydrogen) atoms. The molecule has 0 aromatic heterocycles. The van der Waals surface area contributed by atoms with Gasteiger partial charge < -0.3 is 5.73 Å². The molecule has 0 saturated heterocycles. The second-order valence-corrected chi connectivity index (χ2v) is 3.98. The Bertz CT molecular complexity index is 480. The second-order valence-electron chi connectivity index (χ2n) is 3.19. The first-order chi connectivity index (χ1) is 7.20. The minimum Gasteiger partial charge on any atom is -0.398 e. The van der Waals surface area contributed by atoms with Gasteiger partial charge >= 0.3 is 0 Å². The van der Waals surface area contributed by atoms with Crippen LogP contribution in [0.3, 0.4) is 0 Å². The Morgan fingerprint density at radius 1 is 0.867 bits per heavy atom. The molecule has 2 aromatic carbocycles. The molecule has 76 valence electrons. The molecule has 0 aliphatic heterocycles. The fourth-order valence-electron chi connectivity index (χ4n) is 1.46. The monoisotopic (exact) mass is 237 g/mol. The summed E-state index contributed by atoms with van der Waals surface area (Å²) in [7, 11) is 0. The maximum absolute atomic E-state index is 6.12. The lowest BCUT2D eigenvalue weighted by Crippen LogP contribution is -1.91. The van der Waals surface area contributed by atoms with Crippen LogP contribution in [0.4, 0.5) is 5.69 Å². The van der Waals surface area contributed by atoms with E-state index in [0.29, 0.717) is 15.7 Å². The molecule has 0 fully saturated rings. The SMILES string of the molecule is Nc1ccc(Cl)c(Cl)c1-c1ccccc1. The van der Waals surface area contributed by atoms with Crippen molar-refractivity contribution in [2.45, 2.75) is 0 Å². The number of nitrogen functional groups attached to an aromatic ring is 1. The Morgan fingerprint density at radius 2 is 1.53 bits per heavy atom. The van der Waals surface area contributed by atoms with Crippen LogP contribution >= 0.6 is 23.2 Å². The molecule has 2 N–H and O–H groups in total. The predicted molar refractivity (Wildman–Crippen MR) is 66.3 cm³/mol. The lowest BCUT2D eigenvalue weighted by molar-refractivity contribution is 1.61. The zero-order chi connectivity index (χ0) is 10.8. The highest BCUT2D eigenvalue weighted by molar-refractivity contribution is 6.44. The first-order valence-electron chi connectivity index (χ1n) is 4.49. The number of hydrogen-bond donors (Lipinski definition) is 1. The van der Waals surface area contributed by atoms with E-state index < -0.39 is 0 Å². The van der Waals surface area contributed by atoms with Crippen LogP contribution in [-0.4, -0.2) is 0 Å². The highest BCUT2D eigenvalue weighted by Crippen LogP contribution is 2.37. The summed E-state index contributed by atoms with van der Waals surface area (Å²) in [5.41, 5.74) is 8.28. The number of anilines is 1. The molecule has 0 spiro atoms. The van der Waals surface area contributed by atoms with Crippen molar-refractivity contribution in [2.75, 3.05) is 5.73 Å². The zero-order valence-electron chi connectivity index (χ0n) is 7.87. The van der Waals surface area contributed by atoms with Crippen molar-refractivity contribution in [3.05, 3.63) is 52.5 Å². The Hall–Kier alpha value is -1.18. The van der Waals surface area contributed by atoms with Gasteiger partial charge in [-0.25, -0.2) is 0 Å². The normalized spacial score (nSPS) is 10.3. The van der Waals surface area contributed by atoms with Crippen LogP contribution in [0.25, 0.3) is 11.1 Å². The molecule has 0 aliphatic carbocycles. The van der Waals surface area contributed by atoms with Crippen LogP contribution in [0.15, 0.2) is 42.5 Å². The van der Waals surface area contributed by atoms with Crippen molar-refractivity contribution in [1.82, 2.24) is 0 Å². The summed E-state index contributed by atoms with van der Waals surface area (Å²) in [4.78, 5) is 0. The fraction of sp³-hybridized carbons (Fsp3) is 0. The molecule has 0 aliphatic rings. The van der Waals surface area contributed by atoms with Gasteiger partial charge in [0.1, 0.15) is 0 Å². The third-order valence-corrected chi connectivity index (χ3v) is 2.99. The van der Waals surface area contributed by atoms with Gasteiger partial charge in [-0.15, -0.1) is 0 Å². The van der Waals surface area contributed by atoms with Crippen molar-refractivity contribution < 1.29 is 0 Å². The fourth-order valence-corrected chi connectivity index (χ4v) is 1.90. The van der Waals surface area contributed by atoms with Gasteiger partial charge in [-0.1, -0.05) is 53.5 Å². The summed E-state index contributed by atoms with van der Waals surface area (Å²) in [6.45, 7) is 0. The average Bonchev–Trinajstić information content (AvgIpc) is 2.26. The summed E-state index contributed by atoms with van der Waals surface area (Å²) < 4.78 is 0. The molecule has 0 bridgehead atoms. The van der Waals surface area contributed by atoms with Gasteiger partial charge in [0, 0.05) is 11.3 Å². The molecule has 3 heteroatoms. The van der Waals surface area contributed by atoms with Gasteiger partial charge in [0.25, 0.3) is 0 Å². The van der Waals surface area contributed by atoms with Gasteiger partial charge in [0.05, 0.1) is 10.0 Å². The van der Waals surface area contributed by atoms with Crippen LogP contribution in [-0.2, 0) is 0 Å². The standard InChI is InChI=1S/C12H9Cl2N/c13-9-6-7-10(15)11(12(9)14)8-4-2-1-3-5-8/h1-7H,15H2. The van der Waals surface area contributed by atoms with Gasteiger partial charge in [0.2, 0.25) is 0 Å². The number of rotatable bonds is 1. The minimum atomic E-state index is 0.503. The topological polar surface area (TPSA) is 26.0 Å². The second kappa shape index (κ2) is 4.13. The molecular weight excluding hydrogens is 229 g/mol. The van der Waals surface area contributed by atoms with Crippen LogP contribution in [0.1, 0.15) is 0 Å². The van der Waals surface area contributed by atoms with Crippen molar-refractivity contribution >= 4 is 28.9 Å². The Labute approximate surface area is 98.4 Å². The predicted octanol–water partition coefficient (Wildman–Crippen LogP) is 4.24. The van der Waals surface area contributed by atoms with E-state index in [0.717, 1.165) is 11.1 Å². The van der Waals surface area contributed by atoms with Gasteiger partial charge in [-0.2, -0.15) is 0 Å². The van der Waals surface area contributed by atoms with Crippen molar-refractivity contribution in [2.24, 2.45) is 0 Å². The third kappa shape index (κ3) is 1.94. The largest absolute Gasteiger partial charge is 0.398 e. The third-order valence-electron chi connectivity index (χ3n) is 2.19. The maximum Gasteiger partial charge on any atom is 0.0691 e. The van der Waals surface area contributed by atoms with Gasteiger partial charge in [-0.05, 0) is 17.7 Å². The molecule has 0 amide bonds. The molecule has 0 heterocycles. The molecule has 1 nitrogen and oxygen atoms in total. The lowest BCUT2D eigenvalue weighted by Gasteiger charge is -2.09. The number of hydrogen-bond acceptors (Lipinski definition) is 1. The summed E-state index contributed by atoms with van der Waals surface area (Å²) >= 11 is 12.1. The quantitative estimate of drug-likeness (QED) is 0.738. The van der Waals surface area contributed by atoms with E-state index in [1.54, 1.807) is 12.1 Å². The molecule has 0 atom stereocenters. The smallest absolute Gasteiger partial charge is 0.0691 e. The van der Waals surface area contributed by atoms with Gasteiger partial charge in [-0.3, -0.25) is 0 Å². The molecular formula is C12H9Cl2N. The van der Waals surface area contributed by atoms with Crippen molar-refractivity contribution in [3.8, 4) is 11.1 Å². The zero-order valence-corrected chi connectivity index (χ0v) is 9.39. The number of nitrogens with two attached hydrogens (primary N) is 1. The number of benzene rings is 2. The summed E-state index contributed by atoms with van der Waals surface area (Å²) in [5.74, 6) is 0. The summed E-state index contributed by atoms with van der Waals surface area (Å²) in [6.07, 6.45) is 0. The van der Waals surface area contributed by atoms with E-state index in [1.165, 1.54) is 0 Å². The van der Waals surface area contributed by atoms with E-state index in [1.807, 2.05) is 30.3 Å². The molecule has 2 aromatic rings. The average molecular weight is 238 g/mol. The van der Waals surface area contributed by atoms with Crippen molar-refractivity contribution in [3.63, 3.8) is 0 Å². The highest BCUT2D eigenvalue weighted by Gasteiger charge is 2.10. The van der Waals surface area contributed by atoms with E-state index in [4.69, 9.17) is 28.9 Å². The first kappa shape index (κ1) is 10.3. The Kier molecular flexibility index (Phi) is 2.85. The molecule has 0 saturated carbocycles. The molecule has 0 radical (unpaired) electrons. The van der Waals surface area contributed by atoms with Crippen LogP contribution in [0.2, 0.25) is 10.0 Å². The highest BCUT2D eigenvalue weighted by atomic mass is 35.5. The van der Waals surface area contributed by atoms with Crippen LogP contribution in [0.5, 0.6) is 0 Å². The number of halogens is 2. The van der Waals surface area contributed by atoms with E-state index in [-0.39, 0.29) is 0 Å². The van der Waals surface area contributed by atoms with Crippen molar-refractivity contribution in [1.29, 1.82) is 0 Å². The van der Waals surface area contributed by atoms with Crippen LogP contribution < -0.4 is 5.73 Å². The minimum absolute atomic E-state index is 0.503. The van der Waals surface area contributed by atoms with E-state index in [9.17, 15) is 0 Å².